The summed E-state index contributed by atoms with van der Waals surface area (Å²) in [5.41, 5.74) is 6.35. The van der Waals surface area contributed by atoms with Crippen LogP contribution < -0.4 is 11.1 Å². The number of hydrogen-bond donors (Lipinski definition) is 4. The Morgan fingerprint density at radius 3 is 2.81 bits per heavy atom. The number of hydrogen-bond acceptors (Lipinski definition) is 10. The van der Waals surface area contributed by atoms with E-state index in [0.29, 0.717) is 11.3 Å². The smallest absolute Gasteiger partial charge is 0.352 e. The molecule has 2 atom stereocenters. The first kappa shape index (κ1) is 21.5. The van der Waals surface area contributed by atoms with Gasteiger partial charge in [-0.15, -0.1) is 23.1 Å². The Hall–Kier alpha value is -3.71. The van der Waals surface area contributed by atoms with Crippen molar-refractivity contribution in [3.05, 3.63) is 58.5 Å². The van der Waals surface area contributed by atoms with Gasteiger partial charge in [0.25, 0.3) is 11.8 Å². The van der Waals surface area contributed by atoms with E-state index in [-0.39, 0.29) is 22.2 Å². The number of nitrogen functional groups attached to an aromatic ring is 1. The maximum Gasteiger partial charge on any atom is 0.352 e. The van der Waals surface area contributed by atoms with Crippen molar-refractivity contribution in [2.24, 2.45) is 5.16 Å². The number of carboxylic acid groups (broad SMARTS) is 1. The number of carbonyl (C=O) groups is 3. The Kier molecular flexibility index (Phi) is 5.92. The highest BCUT2D eigenvalue weighted by molar-refractivity contribution is 8.00. The fraction of sp³-hybridized carbons (Fsp3) is 0.158. The second-order valence-electron chi connectivity index (χ2n) is 6.68. The number of pyridine rings is 1. The first-order valence-corrected chi connectivity index (χ1v) is 11.1. The Morgan fingerprint density at radius 1 is 1.38 bits per heavy atom. The Morgan fingerprint density at radius 2 is 2.19 bits per heavy atom. The molecule has 0 aliphatic carbocycles. The standard InChI is InChI=1S/C19H16N6O5S2/c20-19-22-11(8-32-19)12(24-30)15(26)23-13-16(27)25-14(18(28)29)10(7-31-17(13)25)4-3-9-2-1-5-21-6-9/h1-6,8,13,17,30H,7H2,(H2,20,22)(H,23,26)(H,28,29)/b4-3-,24-12+/t13-,17-/m1/s1. The van der Waals surface area contributed by atoms with Crippen LogP contribution in [0.5, 0.6) is 0 Å². The van der Waals surface area contributed by atoms with Crippen molar-refractivity contribution in [3.63, 3.8) is 0 Å². The molecule has 0 spiro atoms. The van der Waals surface area contributed by atoms with Gasteiger partial charge in [0.2, 0.25) is 0 Å². The van der Waals surface area contributed by atoms with Gasteiger partial charge < -0.3 is 21.4 Å². The summed E-state index contributed by atoms with van der Waals surface area (Å²) in [6.07, 6.45) is 6.63. The van der Waals surface area contributed by atoms with Gasteiger partial charge in [0.15, 0.2) is 10.8 Å². The Bertz CT molecular complexity index is 1180. The van der Waals surface area contributed by atoms with E-state index in [2.05, 4.69) is 20.4 Å². The van der Waals surface area contributed by atoms with Gasteiger partial charge in [-0.05, 0) is 17.2 Å². The number of fused-ring (bicyclic) bond motifs is 1. The van der Waals surface area contributed by atoms with Gasteiger partial charge in [-0.3, -0.25) is 19.5 Å². The lowest BCUT2D eigenvalue weighted by atomic mass is 10.0. The largest absolute Gasteiger partial charge is 0.477 e. The van der Waals surface area contributed by atoms with Gasteiger partial charge in [-0.25, -0.2) is 9.78 Å². The lowest BCUT2D eigenvalue weighted by molar-refractivity contribution is -0.150. The van der Waals surface area contributed by atoms with Crippen LogP contribution in [-0.4, -0.2) is 65.8 Å². The zero-order valence-electron chi connectivity index (χ0n) is 16.2. The highest BCUT2D eigenvalue weighted by Crippen LogP contribution is 2.40. The average Bonchev–Trinajstić information content (AvgIpc) is 3.22. The van der Waals surface area contributed by atoms with Gasteiger partial charge in [0.05, 0.1) is 0 Å². The van der Waals surface area contributed by atoms with E-state index < -0.39 is 29.2 Å². The number of thiazole rings is 1. The molecule has 0 saturated carbocycles. The number of anilines is 1. The number of allylic oxidation sites excluding steroid dienone is 1. The van der Waals surface area contributed by atoms with Crippen LogP contribution in [0.25, 0.3) is 6.08 Å². The Labute approximate surface area is 189 Å². The molecule has 5 N–H and O–H groups in total. The highest BCUT2D eigenvalue weighted by atomic mass is 32.2. The van der Waals surface area contributed by atoms with Crippen molar-refractivity contribution in [1.29, 1.82) is 0 Å². The van der Waals surface area contributed by atoms with Crippen LogP contribution in [0.15, 0.2) is 52.4 Å². The molecule has 2 aliphatic rings. The molecular formula is C19H16N6O5S2. The molecule has 4 heterocycles. The Balaban J connectivity index is 1.52. The van der Waals surface area contributed by atoms with Gasteiger partial charge in [-0.1, -0.05) is 23.4 Å². The van der Waals surface area contributed by atoms with E-state index in [1.165, 1.54) is 17.1 Å². The quantitative estimate of drug-likeness (QED) is 0.205. The van der Waals surface area contributed by atoms with Crippen molar-refractivity contribution in [1.82, 2.24) is 20.2 Å². The number of carboxylic acids is 1. The summed E-state index contributed by atoms with van der Waals surface area (Å²) in [6.45, 7) is 0. The predicted octanol–water partition coefficient (Wildman–Crippen LogP) is 0.751. The third-order valence-corrected chi connectivity index (χ3v) is 6.70. The third kappa shape index (κ3) is 3.94. The van der Waals surface area contributed by atoms with Crippen LogP contribution >= 0.6 is 23.1 Å². The molecule has 0 bridgehead atoms. The van der Waals surface area contributed by atoms with Crippen molar-refractivity contribution >= 4 is 57.8 Å². The van der Waals surface area contributed by atoms with Crippen LogP contribution in [0.4, 0.5) is 5.13 Å². The molecule has 164 valence electrons. The zero-order chi connectivity index (χ0) is 22.8. The van der Waals surface area contributed by atoms with Crippen molar-refractivity contribution in [2.75, 3.05) is 11.5 Å². The molecule has 2 amide bonds. The van der Waals surface area contributed by atoms with Crippen molar-refractivity contribution < 1.29 is 24.7 Å². The number of nitrogens with two attached hydrogens (primary N) is 1. The molecule has 2 aliphatic heterocycles. The number of nitrogens with zero attached hydrogens (tertiary/aromatic N) is 4. The molecule has 11 nitrogen and oxygen atoms in total. The topological polar surface area (TPSA) is 171 Å². The second-order valence-corrected chi connectivity index (χ2v) is 8.67. The van der Waals surface area contributed by atoms with Crippen molar-refractivity contribution in [2.45, 2.75) is 11.4 Å². The predicted molar refractivity (Wildman–Crippen MR) is 118 cm³/mol. The SMILES string of the molecule is Nc1nc(/C(=N\O)C(=O)N[C@@H]2C(=O)N3C(C(=O)O)=C(/C=C\c4cccnc4)CS[C@H]23)cs1. The number of aliphatic carboxylic acids is 1. The summed E-state index contributed by atoms with van der Waals surface area (Å²) >= 11 is 2.38. The number of oxime groups is 1. The minimum Gasteiger partial charge on any atom is -0.477 e. The lowest BCUT2D eigenvalue weighted by Crippen LogP contribution is -2.71. The number of aromatic nitrogens is 2. The molecule has 0 radical (unpaired) electrons. The molecule has 2 aromatic rings. The van der Waals surface area contributed by atoms with Crippen LogP contribution in [0.3, 0.4) is 0 Å². The van der Waals surface area contributed by atoms with Gasteiger partial charge >= 0.3 is 5.97 Å². The number of rotatable bonds is 6. The monoisotopic (exact) mass is 472 g/mol. The average molecular weight is 473 g/mol. The fourth-order valence-corrected chi connectivity index (χ4v) is 5.13. The number of amides is 2. The lowest BCUT2D eigenvalue weighted by Gasteiger charge is -2.49. The van der Waals surface area contributed by atoms with E-state index in [1.54, 1.807) is 30.6 Å². The van der Waals surface area contributed by atoms with Crippen molar-refractivity contribution in [3.8, 4) is 0 Å². The van der Waals surface area contributed by atoms with Crippen LogP contribution in [0.2, 0.25) is 0 Å². The minimum atomic E-state index is -1.24. The first-order chi connectivity index (χ1) is 15.4. The number of nitrogens with one attached hydrogen (secondary N) is 1. The van der Waals surface area contributed by atoms with E-state index in [0.717, 1.165) is 21.8 Å². The minimum absolute atomic E-state index is 0.0707. The first-order valence-electron chi connectivity index (χ1n) is 9.14. The summed E-state index contributed by atoms with van der Waals surface area (Å²) < 4.78 is 0. The molecule has 32 heavy (non-hydrogen) atoms. The second kappa shape index (κ2) is 8.80. The van der Waals surface area contributed by atoms with Crippen LogP contribution in [-0.2, 0) is 14.4 Å². The summed E-state index contributed by atoms with van der Waals surface area (Å²) in [4.78, 5) is 46.3. The maximum absolute atomic E-state index is 12.7. The zero-order valence-corrected chi connectivity index (χ0v) is 17.8. The molecule has 2 aromatic heterocycles. The fourth-order valence-electron chi connectivity index (χ4n) is 3.26. The van der Waals surface area contributed by atoms with E-state index in [4.69, 9.17) is 5.73 Å². The maximum atomic E-state index is 12.7. The summed E-state index contributed by atoms with van der Waals surface area (Å²) in [7, 11) is 0. The summed E-state index contributed by atoms with van der Waals surface area (Å²) in [5, 5.41) is 25.4. The molecule has 4 rings (SSSR count). The van der Waals surface area contributed by atoms with E-state index >= 15 is 0 Å². The van der Waals surface area contributed by atoms with Crippen LogP contribution in [0.1, 0.15) is 11.3 Å². The van der Waals surface area contributed by atoms with E-state index in [1.807, 2.05) is 6.07 Å². The van der Waals surface area contributed by atoms with Gasteiger partial charge in [0, 0.05) is 23.5 Å². The van der Waals surface area contributed by atoms with E-state index in [9.17, 15) is 24.7 Å². The molecule has 1 saturated heterocycles. The van der Waals surface area contributed by atoms with Gasteiger partial charge in [-0.2, -0.15) is 0 Å². The molecule has 0 aromatic carbocycles. The summed E-state index contributed by atoms with van der Waals surface area (Å²) in [6, 6.07) is 2.60. The molecule has 1 fully saturated rings. The molecular weight excluding hydrogens is 456 g/mol. The number of β-lactam (4-membered cyclic amide) rings is 1. The summed E-state index contributed by atoms with van der Waals surface area (Å²) in [5.74, 6) is -2.31. The van der Waals surface area contributed by atoms with Crippen LogP contribution in [0, 0.1) is 0 Å². The third-order valence-electron chi connectivity index (χ3n) is 4.73. The normalized spacial score (nSPS) is 20.8. The van der Waals surface area contributed by atoms with Gasteiger partial charge in [0.1, 0.15) is 22.8 Å². The number of carbonyl (C=O) groups excluding carboxylic acids is 2. The molecule has 13 heteroatoms. The molecule has 0 unspecified atom stereocenters. The highest BCUT2D eigenvalue weighted by Gasteiger charge is 2.54. The number of thioether (sulfide) groups is 1.